The molecule has 0 aliphatic rings. The number of hydrogen-bond donors (Lipinski definition) is 2. The van der Waals surface area contributed by atoms with Crippen LogP contribution in [0.5, 0.6) is 0 Å². The summed E-state index contributed by atoms with van der Waals surface area (Å²) >= 11 is 6.29. The fourth-order valence-electron chi connectivity index (χ4n) is 3.86. The molecule has 0 aliphatic heterocycles. The number of methoxy groups -OCH3 is 1. The van der Waals surface area contributed by atoms with Crippen molar-refractivity contribution in [2.45, 2.75) is 25.7 Å². The fourth-order valence-corrected chi connectivity index (χ4v) is 4.03. The third-order valence-electron chi connectivity index (χ3n) is 5.40. The molecule has 2 N–H and O–H groups in total. The van der Waals surface area contributed by atoms with Gasteiger partial charge in [-0.1, -0.05) is 35.9 Å². The molecular formula is C25H26ClN3O2. The quantitative estimate of drug-likeness (QED) is 0.340. The number of benzene rings is 2. The Hall–Kier alpha value is -2.89. The zero-order valence-electron chi connectivity index (χ0n) is 17.6. The molecule has 31 heavy (non-hydrogen) atoms. The van der Waals surface area contributed by atoms with Gasteiger partial charge in [0.25, 0.3) is 0 Å². The number of aromatic nitrogens is 2. The summed E-state index contributed by atoms with van der Waals surface area (Å²) in [5.41, 5.74) is 5.01. The highest BCUT2D eigenvalue weighted by molar-refractivity contribution is 6.31. The van der Waals surface area contributed by atoms with Gasteiger partial charge >= 0.3 is 0 Å². The average molecular weight is 436 g/mol. The topological polar surface area (TPSA) is 67.0 Å². The molecule has 4 aromatic rings. The van der Waals surface area contributed by atoms with Gasteiger partial charge in [0, 0.05) is 48.0 Å². The lowest BCUT2D eigenvalue weighted by molar-refractivity contribution is -0.121. The maximum atomic E-state index is 12.2. The van der Waals surface area contributed by atoms with Gasteiger partial charge in [-0.05, 0) is 55.2 Å². The largest absolute Gasteiger partial charge is 0.385 e. The number of carbonyl (C=O) groups excluding carboxylic acids is 1. The Morgan fingerprint density at radius 2 is 2.00 bits per heavy atom. The Morgan fingerprint density at radius 1 is 1.13 bits per heavy atom. The number of hydrogen-bond acceptors (Lipinski definition) is 3. The molecule has 0 unspecified atom stereocenters. The van der Waals surface area contributed by atoms with Crippen LogP contribution in [-0.2, 0) is 16.0 Å². The second-order valence-corrected chi connectivity index (χ2v) is 8.04. The van der Waals surface area contributed by atoms with Gasteiger partial charge in [0.15, 0.2) is 0 Å². The minimum absolute atomic E-state index is 0.0688. The molecular weight excluding hydrogens is 410 g/mol. The summed E-state index contributed by atoms with van der Waals surface area (Å²) in [6.07, 6.45) is 2.80. The van der Waals surface area contributed by atoms with Crippen LogP contribution in [0.25, 0.3) is 33.2 Å². The molecule has 1 amide bonds. The maximum Gasteiger partial charge on any atom is 0.220 e. The van der Waals surface area contributed by atoms with E-state index in [0.717, 1.165) is 58.0 Å². The molecule has 6 heteroatoms. The molecule has 4 rings (SSSR count). The second-order valence-electron chi connectivity index (χ2n) is 7.61. The number of amides is 1. The number of pyridine rings is 1. The van der Waals surface area contributed by atoms with Crippen LogP contribution in [-0.4, -0.2) is 36.1 Å². The zero-order chi connectivity index (χ0) is 21.6. The van der Waals surface area contributed by atoms with Crippen LogP contribution in [0.2, 0.25) is 5.02 Å². The van der Waals surface area contributed by atoms with E-state index in [1.54, 1.807) is 7.11 Å². The molecule has 160 valence electrons. The molecule has 2 aromatic heterocycles. The first-order valence-electron chi connectivity index (χ1n) is 10.6. The van der Waals surface area contributed by atoms with Gasteiger partial charge in [-0.15, -0.1) is 0 Å². The van der Waals surface area contributed by atoms with Crippen molar-refractivity contribution < 1.29 is 9.53 Å². The Labute approximate surface area is 186 Å². The molecule has 2 aromatic carbocycles. The maximum absolute atomic E-state index is 12.2. The predicted octanol–water partition coefficient (Wildman–Crippen LogP) is 5.51. The van der Waals surface area contributed by atoms with Crippen molar-refractivity contribution in [3.05, 3.63) is 65.2 Å². The summed E-state index contributed by atoms with van der Waals surface area (Å²) in [5.74, 6) is 0.0688. The lowest BCUT2D eigenvalue weighted by Crippen LogP contribution is -2.24. The van der Waals surface area contributed by atoms with E-state index in [9.17, 15) is 4.79 Å². The van der Waals surface area contributed by atoms with Crippen molar-refractivity contribution in [1.29, 1.82) is 0 Å². The molecule has 0 fully saturated rings. The number of ether oxygens (including phenoxy) is 1. The SMILES string of the molecule is COCCCNC(=O)CCCc1c(-c2ccc3ccccc3n2)[nH]c2ccc(Cl)cc12. The van der Waals surface area contributed by atoms with E-state index in [1.165, 1.54) is 0 Å². The molecule has 0 saturated heterocycles. The monoisotopic (exact) mass is 435 g/mol. The number of aromatic amines is 1. The van der Waals surface area contributed by atoms with Gasteiger partial charge in [-0.2, -0.15) is 0 Å². The molecule has 0 saturated carbocycles. The third kappa shape index (κ3) is 5.06. The van der Waals surface area contributed by atoms with Crippen molar-refractivity contribution in [1.82, 2.24) is 15.3 Å². The number of H-pyrrole nitrogens is 1. The number of aryl methyl sites for hydroxylation is 1. The van der Waals surface area contributed by atoms with Gasteiger partial charge in [-0.3, -0.25) is 4.79 Å². The van der Waals surface area contributed by atoms with E-state index in [2.05, 4.69) is 22.4 Å². The highest BCUT2D eigenvalue weighted by atomic mass is 35.5. The normalized spacial score (nSPS) is 11.3. The highest BCUT2D eigenvalue weighted by Gasteiger charge is 2.15. The van der Waals surface area contributed by atoms with Crippen molar-refractivity contribution >= 4 is 39.3 Å². The van der Waals surface area contributed by atoms with E-state index in [4.69, 9.17) is 21.3 Å². The first kappa shape index (κ1) is 21.3. The summed E-state index contributed by atoms with van der Waals surface area (Å²) in [7, 11) is 1.66. The van der Waals surface area contributed by atoms with Gasteiger partial charge in [0.2, 0.25) is 5.91 Å². The Morgan fingerprint density at radius 3 is 2.87 bits per heavy atom. The summed E-state index contributed by atoms with van der Waals surface area (Å²) in [5, 5.41) is 5.84. The van der Waals surface area contributed by atoms with Crippen molar-refractivity contribution in [3.8, 4) is 11.4 Å². The second kappa shape index (κ2) is 9.94. The molecule has 0 bridgehead atoms. The molecule has 2 heterocycles. The summed E-state index contributed by atoms with van der Waals surface area (Å²) < 4.78 is 5.01. The summed E-state index contributed by atoms with van der Waals surface area (Å²) in [6, 6.07) is 18.1. The number of para-hydroxylation sites is 1. The van der Waals surface area contributed by atoms with Gasteiger partial charge in [-0.25, -0.2) is 4.98 Å². The standard InChI is InChI=1S/C25H26ClN3O2/c1-31-15-5-14-27-24(30)9-4-7-19-20-16-18(26)11-13-22(20)29-25(19)23-12-10-17-6-2-3-8-21(17)28-23/h2-3,6,8,10-13,16,29H,4-5,7,9,14-15H2,1H3,(H,27,30). The van der Waals surface area contributed by atoms with Gasteiger partial charge < -0.3 is 15.0 Å². The molecule has 0 aliphatic carbocycles. The van der Waals surface area contributed by atoms with Crippen molar-refractivity contribution in [2.75, 3.05) is 20.3 Å². The Balaban J connectivity index is 1.57. The van der Waals surface area contributed by atoms with Gasteiger partial charge in [0.1, 0.15) is 0 Å². The average Bonchev–Trinajstić information content (AvgIpc) is 3.14. The third-order valence-corrected chi connectivity index (χ3v) is 5.64. The Kier molecular flexibility index (Phi) is 6.85. The van der Waals surface area contributed by atoms with Crippen molar-refractivity contribution in [3.63, 3.8) is 0 Å². The van der Waals surface area contributed by atoms with E-state index in [-0.39, 0.29) is 5.91 Å². The number of rotatable bonds is 9. The van der Waals surface area contributed by atoms with Crippen molar-refractivity contribution in [2.24, 2.45) is 0 Å². The molecule has 0 spiro atoms. The predicted molar refractivity (Wildman–Crippen MR) is 126 cm³/mol. The molecule has 5 nitrogen and oxygen atoms in total. The molecule has 0 atom stereocenters. The van der Waals surface area contributed by atoms with E-state index in [1.807, 2.05) is 42.5 Å². The first-order valence-corrected chi connectivity index (χ1v) is 11.0. The summed E-state index contributed by atoms with van der Waals surface area (Å²) in [6.45, 7) is 1.29. The lowest BCUT2D eigenvalue weighted by Gasteiger charge is -2.07. The first-order chi connectivity index (χ1) is 15.2. The summed E-state index contributed by atoms with van der Waals surface area (Å²) in [4.78, 5) is 20.6. The van der Waals surface area contributed by atoms with Crippen LogP contribution in [0.1, 0.15) is 24.8 Å². The Bertz CT molecular complexity index is 1200. The van der Waals surface area contributed by atoms with Crippen LogP contribution in [0.15, 0.2) is 54.6 Å². The van der Waals surface area contributed by atoms with Crippen LogP contribution in [0, 0.1) is 0 Å². The van der Waals surface area contributed by atoms with E-state index in [0.29, 0.717) is 24.6 Å². The lowest BCUT2D eigenvalue weighted by atomic mass is 10.0. The van der Waals surface area contributed by atoms with Crippen LogP contribution in [0.4, 0.5) is 0 Å². The van der Waals surface area contributed by atoms with E-state index < -0.39 is 0 Å². The van der Waals surface area contributed by atoms with Crippen LogP contribution in [0.3, 0.4) is 0 Å². The number of fused-ring (bicyclic) bond motifs is 2. The number of nitrogens with zero attached hydrogens (tertiary/aromatic N) is 1. The van der Waals surface area contributed by atoms with E-state index >= 15 is 0 Å². The van der Waals surface area contributed by atoms with Gasteiger partial charge in [0.05, 0.1) is 16.9 Å². The number of halogens is 1. The minimum atomic E-state index is 0.0688. The minimum Gasteiger partial charge on any atom is -0.385 e. The zero-order valence-corrected chi connectivity index (χ0v) is 18.3. The van der Waals surface area contributed by atoms with Crippen LogP contribution < -0.4 is 5.32 Å². The molecule has 0 radical (unpaired) electrons. The number of carbonyl (C=O) groups is 1. The van der Waals surface area contributed by atoms with Crippen LogP contribution >= 0.6 is 11.6 Å². The number of nitrogens with one attached hydrogen (secondary N) is 2. The highest BCUT2D eigenvalue weighted by Crippen LogP contribution is 2.33. The fraction of sp³-hybridized carbons (Fsp3) is 0.280. The smallest absolute Gasteiger partial charge is 0.220 e.